The SMILES string of the molecule is CC(C)C(=O)N(CCCOc1ccc(C[C@H](Nc2ccccc2C(=O)c2ccccc2)C(=O)O)cc1)CC1CC1. The fourth-order valence-electron chi connectivity index (χ4n) is 4.61. The summed E-state index contributed by atoms with van der Waals surface area (Å²) in [4.78, 5) is 39.6. The van der Waals surface area contributed by atoms with Crippen LogP contribution in [0.4, 0.5) is 5.69 Å². The fourth-order valence-corrected chi connectivity index (χ4v) is 4.61. The van der Waals surface area contributed by atoms with Gasteiger partial charge in [0, 0.05) is 42.2 Å². The number of ether oxygens (including phenoxy) is 1. The number of hydrogen-bond acceptors (Lipinski definition) is 5. The molecule has 1 fully saturated rings. The van der Waals surface area contributed by atoms with Crippen LogP contribution in [-0.2, 0) is 16.0 Å². The molecule has 1 aliphatic carbocycles. The van der Waals surface area contributed by atoms with Gasteiger partial charge in [0.15, 0.2) is 5.78 Å². The molecule has 40 heavy (non-hydrogen) atoms. The van der Waals surface area contributed by atoms with Gasteiger partial charge in [-0.05, 0) is 55.0 Å². The number of nitrogens with one attached hydrogen (secondary N) is 1. The van der Waals surface area contributed by atoms with Gasteiger partial charge in [0.1, 0.15) is 11.8 Å². The monoisotopic (exact) mass is 542 g/mol. The zero-order valence-electron chi connectivity index (χ0n) is 23.2. The molecular formula is C33H38N2O5. The molecule has 0 unspecified atom stereocenters. The highest BCUT2D eigenvalue weighted by Gasteiger charge is 2.27. The van der Waals surface area contributed by atoms with Crippen molar-refractivity contribution in [2.24, 2.45) is 11.8 Å². The highest BCUT2D eigenvalue weighted by molar-refractivity contribution is 6.12. The van der Waals surface area contributed by atoms with E-state index in [0.717, 1.165) is 18.5 Å². The summed E-state index contributed by atoms with van der Waals surface area (Å²) in [5.74, 6) is 0.371. The third-order valence-corrected chi connectivity index (χ3v) is 7.02. The molecule has 3 aromatic carbocycles. The minimum absolute atomic E-state index is 0.00541. The Morgan fingerprint density at radius 2 is 1.62 bits per heavy atom. The standard InChI is InChI=1S/C33H38N2O5/c1-23(2)32(37)35(22-25-13-14-25)19-8-20-40-27-17-15-24(16-18-27)21-30(33(38)39)34-29-12-7-6-11-28(29)31(36)26-9-4-3-5-10-26/h3-7,9-12,15-18,23,25,30,34H,8,13-14,19-22H2,1-2H3,(H,38,39)/t30-/m0/s1. The van der Waals surface area contributed by atoms with Crippen LogP contribution in [0.5, 0.6) is 5.75 Å². The summed E-state index contributed by atoms with van der Waals surface area (Å²) < 4.78 is 5.90. The third kappa shape index (κ3) is 8.18. The second-order valence-electron chi connectivity index (χ2n) is 10.7. The number of rotatable bonds is 15. The van der Waals surface area contributed by atoms with Crippen LogP contribution in [0.25, 0.3) is 0 Å². The molecule has 1 amide bonds. The van der Waals surface area contributed by atoms with Crippen molar-refractivity contribution >= 4 is 23.3 Å². The molecule has 0 bridgehead atoms. The van der Waals surface area contributed by atoms with Gasteiger partial charge in [0.25, 0.3) is 0 Å². The van der Waals surface area contributed by atoms with Crippen LogP contribution in [0.2, 0.25) is 0 Å². The van der Waals surface area contributed by atoms with E-state index in [1.807, 2.05) is 49.1 Å². The molecule has 0 aromatic heterocycles. The predicted octanol–water partition coefficient (Wildman–Crippen LogP) is 5.69. The van der Waals surface area contributed by atoms with E-state index in [-0.39, 0.29) is 24.0 Å². The van der Waals surface area contributed by atoms with Crippen LogP contribution in [-0.4, -0.2) is 53.4 Å². The molecular weight excluding hydrogens is 504 g/mol. The van der Waals surface area contributed by atoms with E-state index in [9.17, 15) is 19.5 Å². The van der Waals surface area contributed by atoms with Gasteiger partial charge in [-0.25, -0.2) is 4.79 Å². The van der Waals surface area contributed by atoms with Gasteiger partial charge in [-0.15, -0.1) is 0 Å². The Bertz CT molecular complexity index is 1290. The van der Waals surface area contributed by atoms with E-state index in [0.29, 0.717) is 41.6 Å². The van der Waals surface area contributed by atoms with Gasteiger partial charge >= 0.3 is 5.97 Å². The van der Waals surface area contributed by atoms with Crippen LogP contribution in [0.1, 0.15) is 54.6 Å². The van der Waals surface area contributed by atoms with Crippen LogP contribution in [0.3, 0.4) is 0 Å². The Balaban J connectivity index is 1.32. The molecule has 7 heteroatoms. The minimum atomic E-state index is -1.01. The number of carboxylic acid groups (broad SMARTS) is 1. The molecule has 0 radical (unpaired) electrons. The predicted molar refractivity (Wildman–Crippen MR) is 156 cm³/mol. The lowest BCUT2D eigenvalue weighted by Crippen LogP contribution is -2.37. The Labute approximate surface area is 236 Å². The van der Waals surface area contributed by atoms with E-state index >= 15 is 0 Å². The van der Waals surface area contributed by atoms with Crippen molar-refractivity contribution in [1.82, 2.24) is 4.90 Å². The lowest BCUT2D eigenvalue weighted by molar-refractivity contribution is -0.138. The van der Waals surface area contributed by atoms with Gasteiger partial charge in [-0.3, -0.25) is 9.59 Å². The average Bonchev–Trinajstić information content (AvgIpc) is 3.79. The second kappa shape index (κ2) is 13.8. The van der Waals surface area contributed by atoms with Gasteiger partial charge < -0.3 is 20.1 Å². The van der Waals surface area contributed by atoms with Crippen LogP contribution in [0, 0.1) is 11.8 Å². The number of nitrogens with zero attached hydrogens (tertiary/aromatic N) is 1. The molecule has 1 aliphatic rings. The lowest BCUT2D eigenvalue weighted by atomic mass is 10.00. The summed E-state index contributed by atoms with van der Waals surface area (Å²) in [6.45, 7) is 5.90. The number of carbonyl (C=O) groups is 3. The van der Waals surface area contributed by atoms with Crippen molar-refractivity contribution in [2.75, 3.05) is 25.0 Å². The van der Waals surface area contributed by atoms with Crippen LogP contribution < -0.4 is 10.1 Å². The topological polar surface area (TPSA) is 95.9 Å². The largest absolute Gasteiger partial charge is 0.494 e. The highest BCUT2D eigenvalue weighted by atomic mass is 16.5. The highest BCUT2D eigenvalue weighted by Crippen LogP contribution is 2.30. The summed E-state index contributed by atoms with van der Waals surface area (Å²) in [5.41, 5.74) is 2.28. The molecule has 0 spiro atoms. The summed E-state index contributed by atoms with van der Waals surface area (Å²) in [7, 11) is 0. The molecule has 1 atom stereocenters. The summed E-state index contributed by atoms with van der Waals surface area (Å²) in [6.07, 6.45) is 3.40. The first-order valence-electron chi connectivity index (χ1n) is 14.0. The van der Waals surface area contributed by atoms with Gasteiger partial charge in [-0.1, -0.05) is 68.4 Å². The van der Waals surface area contributed by atoms with E-state index < -0.39 is 12.0 Å². The van der Waals surface area contributed by atoms with E-state index in [4.69, 9.17) is 4.74 Å². The van der Waals surface area contributed by atoms with E-state index in [1.54, 1.807) is 48.5 Å². The van der Waals surface area contributed by atoms with Gasteiger partial charge in [0.2, 0.25) is 5.91 Å². The molecule has 4 rings (SSSR count). The van der Waals surface area contributed by atoms with Gasteiger partial charge in [-0.2, -0.15) is 0 Å². The molecule has 7 nitrogen and oxygen atoms in total. The Morgan fingerprint density at radius 1 is 0.950 bits per heavy atom. The maximum Gasteiger partial charge on any atom is 0.326 e. The number of benzene rings is 3. The van der Waals surface area contributed by atoms with Crippen molar-refractivity contribution in [2.45, 2.75) is 45.6 Å². The Hall–Kier alpha value is -4.13. The smallest absolute Gasteiger partial charge is 0.326 e. The third-order valence-electron chi connectivity index (χ3n) is 7.02. The number of hydrogen-bond donors (Lipinski definition) is 2. The molecule has 210 valence electrons. The lowest BCUT2D eigenvalue weighted by Gasteiger charge is -2.24. The van der Waals surface area contributed by atoms with Crippen LogP contribution in [0.15, 0.2) is 78.9 Å². The average molecular weight is 543 g/mol. The van der Waals surface area contributed by atoms with Crippen molar-refractivity contribution in [1.29, 1.82) is 0 Å². The number of ketones is 1. The van der Waals surface area contributed by atoms with Crippen molar-refractivity contribution in [3.63, 3.8) is 0 Å². The summed E-state index contributed by atoms with van der Waals surface area (Å²) in [6, 6.07) is 22.4. The molecule has 2 N–H and O–H groups in total. The Morgan fingerprint density at radius 3 is 2.27 bits per heavy atom. The van der Waals surface area contributed by atoms with Gasteiger partial charge in [0.05, 0.1) is 6.61 Å². The number of carboxylic acids is 1. The molecule has 0 heterocycles. The second-order valence-corrected chi connectivity index (χ2v) is 10.7. The zero-order chi connectivity index (χ0) is 28.5. The molecule has 0 aliphatic heterocycles. The number of anilines is 1. The number of carbonyl (C=O) groups excluding carboxylic acids is 2. The summed E-state index contributed by atoms with van der Waals surface area (Å²) >= 11 is 0. The van der Waals surface area contributed by atoms with Crippen molar-refractivity contribution in [3.05, 3.63) is 95.6 Å². The fraction of sp³-hybridized carbons (Fsp3) is 0.364. The normalized spacial score (nSPS) is 13.5. The number of aliphatic carboxylic acids is 1. The first-order valence-corrected chi connectivity index (χ1v) is 14.0. The zero-order valence-corrected chi connectivity index (χ0v) is 23.2. The Kier molecular flexibility index (Phi) is 9.95. The van der Waals surface area contributed by atoms with Crippen LogP contribution >= 0.6 is 0 Å². The number of para-hydroxylation sites is 1. The molecule has 3 aromatic rings. The first kappa shape index (κ1) is 28.9. The van der Waals surface area contributed by atoms with E-state index in [2.05, 4.69) is 5.32 Å². The molecule has 1 saturated carbocycles. The first-order chi connectivity index (χ1) is 19.3. The van der Waals surface area contributed by atoms with Crippen molar-refractivity contribution < 1.29 is 24.2 Å². The van der Waals surface area contributed by atoms with Crippen molar-refractivity contribution in [3.8, 4) is 5.75 Å². The minimum Gasteiger partial charge on any atom is -0.494 e. The maximum atomic E-state index is 13.1. The summed E-state index contributed by atoms with van der Waals surface area (Å²) in [5, 5.41) is 13.0. The number of amides is 1. The quantitative estimate of drug-likeness (QED) is 0.189. The van der Waals surface area contributed by atoms with E-state index in [1.165, 1.54) is 12.8 Å². The molecule has 0 saturated heterocycles. The maximum absolute atomic E-state index is 13.1.